The molecular weight excluding hydrogens is 250 g/mol. The Balaban J connectivity index is 2.18. The number of hydrogen-bond acceptors (Lipinski definition) is 2. The van der Waals surface area contributed by atoms with E-state index < -0.39 is 5.91 Å². The van der Waals surface area contributed by atoms with Gasteiger partial charge in [-0.05, 0) is 42.3 Å². The van der Waals surface area contributed by atoms with Gasteiger partial charge in [0, 0.05) is 25.1 Å². The number of benzene rings is 1. The lowest BCUT2D eigenvalue weighted by molar-refractivity contribution is -0.112. The first-order chi connectivity index (χ1) is 9.58. The summed E-state index contributed by atoms with van der Waals surface area (Å²) in [5.74, 6) is -0.401. The van der Waals surface area contributed by atoms with Crippen LogP contribution >= 0.6 is 0 Å². The molecule has 20 heavy (non-hydrogen) atoms. The molecule has 0 spiro atoms. The van der Waals surface area contributed by atoms with Crippen LogP contribution < -0.4 is 5.32 Å². The van der Waals surface area contributed by atoms with Gasteiger partial charge in [-0.15, -0.1) is 0 Å². The van der Waals surface area contributed by atoms with Gasteiger partial charge < -0.3 is 9.88 Å². The van der Waals surface area contributed by atoms with Gasteiger partial charge in [0.15, 0.2) is 0 Å². The van der Waals surface area contributed by atoms with E-state index in [1.165, 1.54) is 0 Å². The SMILES string of the molecule is Cc1cccc(NC(=O)/C(C#N)=C/c2ccn(C)c2)c1. The summed E-state index contributed by atoms with van der Waals surface area (Å²) in [4.78, 5) is 12.1. The quantitative estimate of drug-likeness (QED) is 0.685. The first-order valence-corrected chi connectivity index (χ1v) is 6.20. The maximum Gasteiger partial charge on any atom is 0.266 e. The number of nitriles is 1. The van der Waals surface area contributed by atoms with E-state index >= 15 is 0 Å². The number of anilines is 1. The molecule has 0 aliphatic heterocycles. The number of aryl methyl sites for hydroxylation is 2. The Bertz CT molecular complexity index is 705. The van der Waals surface area contributed by atoms with Crippen molar-refractivity contribution in [3.8, 4) is 6.07 Å². The average molecular weight is 265 g/mol. The second-order valence-corrected chi connectivity index (χ2v) is 4.60. The van der Waals surface area contributed by atoms with Gasteiger partial charge in [-0.3, -0.25) is 4.79 Å². The number of carbonyl (C=O) groups is 1. The van der Waals surface area contributed by atoms with Crippen molar-refractivity contribution in [1.82, 2.24) is 4.57 Å². The van der Waals surface area contributed by atoms with Gasteiger partial charge in [-0.2, -0.15) is 5.26 Å². The van der Waals surface area contributed by atoms with Gasteiger partial charge in [0.1, 0.15) is 11.6 Å². The average Bonchev–Trinajstić information content (AvgIpc) is 2.81. The lowest BCUT2D eigenvalue weighted by Crippen LogP contribution is -2.13. The first kappa shape index (κ1) is 13.6. The van der Waals surface area contributed by atoms with E-state index in [9.17, 15) is 4.79 Å². The van der Waals surface area contributed by atoms with Crippen LogP contribution in [0, 0.1) is 18.3 Å². The number of aromatic nitrogens is 1. The van der Waals surface area contributed by atoms with Crippen LogP contribution in [-0.2, 0) is 11.8 Å². The summed E-state index contributed by atoms with van der Waals surface area (Å²) in [6.07, 6.45) is 5.28. The fourth-order valence-electron chi connectivity index (χ4n) is 1.85. The zero-order chi connectivity index (χ0) is 14.5. The van der Waals surface area contributed by atoms with Crippen LogP contribution in [0.5, 0.6) is 0 Å². The molecule has 0 saturated heterocycles. The van der Waals surface area contributed by atoms with Crippen molar-refractivity contribution in [3.63, 3.8) is 0 Å². The Morgan fingerprint density at radius 2 is 2.20 bits per heavy atom. The summed E-state index contributed by atoms with van der Waals surface area (Å²) in [6.45, 7) is 1.95. The van der Waals surface area contributed by atoms with Crippen molar-refractivity contribution in [2.75, 3.05) is 5.32 Å². The minimum atomic E-state index is -0.401. The molecule has 100 valence electrons. The van der Waals surface area contributed by atoms with Crippen LogP contribution in [0.25, 0.3) is 6.08 Å². The van der Waals surface area contributed by atoms with Gasteiger partial charge in [-0.25, -0.2) is 0 Å². The molecule has 0 unspecified atom stereocenters. The minimum Gasteiger partial charge on any atom is -0.357 e. The van der Waals surface area contributed by atoms with Crippen molar-refractivity contribution in [2.45, 2.75) is 6.92 Å². The van der Waals surface area contributed by atoms with Crippen molar-refractivity contribution in [3.05, 3.63) is 59.4 Å². The van der Waals surface area contributed by atoms with Crippen LogP contribution in [0.3, 0.4) is 0 Å². The summed E-state index contributed by atoms with van der Waals surface area (Å²) in [5.41, 5.74) is 2.64. The molecule has 4 nitrogen and oxygen atoms in total. The van der Waals surface area contributed by atoms with Crippen molar-refractivity contribution < 1.29 is 4.79 Å². The summed E-state index contributed by atoms with van der Waals surface area (Å²) in [7, 11) is 1.89. The Kier molecular flexibility index (Phi) is 4.02. The molecule has 0 bridgehead atoms. The highest BCUT2D eigenvalue weighted by atomic mass is 16.1. The predicted molar refractivity (Wildman–Crippen MR) is 78.8 cm³/mol. The summed E-state index contributed by atoms with van der Waals surface area (Å²) in [5, 5.41) is 11.8. The molecule has 1 aromatic carbocycles. The smallest absolute Gasteiger partial charge is 0.266 e. The Morgan fingerprint density at radius 1 is 1.40 bits per heavy atom. The topological polar surface area (TPSA) is 57.8 Å². The number of rotatable bonds is 3. The van der Waals surface area contributed by atoms with Crippen LogP contribution in [-0.4, -0.2) is 10.5 Å². The first-order valence-electron chi connectivity index (χ1n) is 6.20. The Morgan fingerprint density at radius 3 is 2.80 bits per heavy atom. The van der Waals surface area contributed by atoms with Crippen LogP contribution in [0.2, 0.25) is 0 Å². The summed E-state index contributed by atoms with van der Waals surface area (Å²) in [6, 6.07) is 11.2. The zero-order valence-electron chi connectivity index (χ0n) is 11.4. The van der Waals surface area contributed by atoms with Crippen molar-refractivity contribution >= 4 is 17.7 Å². The third-order valence-corrected chi connectivity index (χ3v) is 2.81. The molecule has 0 saturated carbocycles. The lowest BCUT2D eigenvalue weighted by Gasteiger charge is -2.04. The van der Waals surface area contributed by atoms with Crippen LogP contribution in [0.1, 0.15) is 11.1 Å². The maximum absolute atomic E-state index is 12.1. The third-order valence-electron chi connectivity index (χ3n) is 2.81. The molecule has 2 rings (SSSR count). The van der Waals surface area contributed by atoms with E-state index in [2.05, 4.69) is 5.32 Å². The maximum atomic E-state index is 12.1. The predicted octanol–water partition coefficient (Wildman–Crippen LogP) is 2.88. The molecule has 2 aromatic rings. The van der Waals surface area contributed by atoms with Crippen molar-refractivity contribution in [2.24, 2.45) is 7.05 Å². The van der Waals surface area contributed by atoms with Gasteiger partial charge >= 0.3 is 0 Å². The fourth-order valence-corrected chi connectivity index (χ4v) is 1.85. The number of nitrogens with one attached hydrogen (secondary N) is 1. The molecule has 1 amide bonds. The molecule has 1 N–H and O–H groups in total. The van der Waals surface area contributed by atoms with E-state index in [-0.39, 0.29) is 5.57 Å². The molecule has 0 atom stereocenters. The molecule has 1 heterocycles. The van der Waals surface area contributed by atoms with E-state index in [1.807, 2.05) is 61.3 Å². The monoisotopic (exact) mass is 265 g/mol. The standard InChI is InChI=1S/C16H15N3O/c1-12-4-3-5-15(8-12)18-16(20)14(10-17)9-13-6-7-19(2)11-13/h3-9,11H,1-2H3,(H,18,20)/b14-9+. The van der Waals surface area contributed by atoms with Gasteiger partial charge in [0.2, 0.25) is 0 Å². The molecular formula is C16H15N3O. The second kappa shape index (κ2) is 5.89. The number of carbonyl (C=O) groups excluding carboxylic acids is 1. The van der Waals surface area contributed by atoms with E-state index in [1.54, 1.807) is 12.1 Å². The molecule has 0 aliphatic carbocycles. The Labute approximate surface area is 118 Å². The van der Waals surface area contributed by atoms with Gasteiger partial charge in [0.25, 0.3) is 5.91 Å². The zero-order valence-corrected chi connectivity index (χ0v) is 11.4. The van der Waals surface area contributed by atoms with Crippen LogP contribution in [0.4, 0.5) is 5.69 Å². The third kappa shape index (κ3) is 3.36. The van der Waals surface area contributed by atoms with Crippen LogP contribution in [0.15, 0.2) is 48.3 Å². The largest absolute Gasteiger partial charge is 0.357 e. The normalized spacial score (nSPS) is 10.9. The molecule has 4 heteroatoms. The molecule has 1 aromatic heterocycles. The fraction of sp³-hybridized carbons (Fsp3) is 0.125. The highest BCUT2D eigenvalue weighted by Gasteiger charge is 2.09. The minimum absolute atomic E-state index is 0.0812. The molecule has 0 aliphatic rings. The van der Waals surface area contributed by atoms with E-state index in [4.69, 9.17) is 5.26 Å². The van der Waals surface area contributed by atoms with Gasteiger partial charge in [-0.1, -0.05) is 12.1 Å². The highest BCUT2D eigenvalue weighted by Crippen LogP contribution is 2.12. The number of nitrogens with zero attached hydrogens (tertiary/aromatic N) is 2. The van der Waals surface area contributed by atoms with E-state index in [0.717, 1.165) is 11.1 Å². The van der Waals surface area contributed by atoms with Gasteiger partial charge in [0.05, 0.1) is 0 Å². The number of hydrogen-bond donors (Lipinski definition) is 1. The summed E-state index contributed by atoms with van der Waals surface area (Å²) < 4.78 is 1.86. The molecule has 0 fully saturated rings. The summed E-state index contributed by atoms with van der Waals surface area (Å²) >= 11 is 0. The Hall–Kier alpha value is -2.80. The molecule has 0 radical (unpaired) electrons. The lowest BCUT2D eigenvalue weighted by atomic mass is 10.1. The van der Waals surface area contributed by atoms with E-state index in [0.29, 0.717) is 5.69 Å². The highest BCUT2D eigenvalue weighted by molar-refractivity contribution is 6.09. The second-order valence-electron chi connectivity index (χ2n) is 4.60. The van der Waals surface area contributed by atoms with Crippen molar-refractivity contribution in [1.29, 1.82) is 5.26 Å². The number of amides is 1.